The quantitative estimate of drug-likeness (QED) is 0.934. The van der Waals surface area contributed by atoms with E-state index in [4.69, 9.17) is 10.00 Å². The number of rotatable bonds is 4. The average molecular weight is 280 g/mol. The van der Waals surface area contributed by atoms with E-state index in [9.17, 15) is 5.11 Å². The van der Waals surface area contributed by atoms with E-state index in [0.717, 1.165) is 29.5 Å². The van der Waals surface area contributed by atoms with Gasteiger partial charge in [0.05, 0.1) is 18.8 Å². The van der Waals surface area contributed by atoms with E-state index in [1.807, 2.05) is 18.2 Å². The lowest BCUT2D eigenvalue weighted by Gasteiger charge is -2.15. The molecule has 4 nitrogen and oxygen atoms in total. The van der Waals surface area contributed by atoms with Gasteiger partial charge in [0.2, 0.25) is 0 Å². The Labute approximate surface area is 123 Å². The first-order valence-electron chi connectivity index (χ1n) is 6.95. The molecule has 0 amide bonds. The van der Waals surface area contributed by atoms with Crippen molar-refractivity contribution < 1.29 is 9.84 Å². The molecule has 0 spiro atoms. The lowest BCUT2D eigenvalue weighted by Crippen LogP contribution is -2.02. The molecule has 1 saturated carbocycles. The van der Waals surface area contributed by atoms with Crippen LogP contribution in [0.15, 0.2) is 36.7 Å². The molecule has 1 aromatic carbocycles. The van der Waals surface area contributed by atoms with Crippen molar-refractivity contribution in [1.29, 1.82) is 5.26 Å². The Bertz CT molecular complexity index is 702. The van der Waals surface area contributed by atoms with E-state index in [1.54, 1.807) is 25.6 Å². The minimum Gasteiger partial charge on any atom is -0.495 e. The first-order valence-corrected chi connectivity index (χ1v) is 6.95. The van der Waals surface area contributed by atoms with E-state index < -0.39 is 6.10 Å². The number of aliphatic hydroxyl groups is 1. The van der Waals surface area contributed by atoms with Crippen molar-refractivity contribution in [2.75, 3.05) is 7.11 Å². The van der Waals surface area contributed by atoms with Gasteiger partial charge in [-0.3, -0.25) is 4.98 Å². The highest BCUT2D eigenvalue weighted by Gasteiger charge is 2.32. The summed E-state index contributed by atoms with van der Waals surface area (Å²) in [5, 5.41) is 19.5. The van der Waals surface area contributed by atoms with E-state index >= 15 is 0 Å². The van der Waals surface area contributed by atoms with E-state index in [2.05, 4.69) is 11.1 Å². The standard InChI is InChI=1S/C17H16N2O2/c1-21-16-8-12(4-5-13(16)9-18)15-10-19-7-6-14(15)17(20)11-2-3-11/h4-8,10-11,17,20H,2-3H2,1H3. The van der Waals surface area contributed by atoms with E-state index in [1.165, 1.54) is 0 Å². The molecule has 4 heteroatoms. The van der Waals surface area contributed by atoms with Crippen LogP contribution < -0.4 is 4.74 Å². The van der Waals surface area contributed by atoms with Crippen molar-refractivity contribution in [1.82, 2.24) is 4.98 Å². The molecule has 0 bridgehead atoms. The number of aromatic nitrogens is 1. The number of benzene rings is 1. The minimum atomic E-state index is -0.454. The van der Waals surface area contributed by atoms with Crippen LogP contribution in [0.25, 0.3) is 11.1 Å². The number of hydrogen-bond acceptors (Lipinski definition) is 4. The monoisotopic (exact) mass is 280 g/mol. The SMILES string of the molecule is COc1cc(-c2cnccc2C(O)C2CC2)ccc1C#N. The highest BCUT2D eigenvalue weighted by atomic mass is 16.5. The summed E-state index contributed by atoms with van der Waals surface area (Å²) in [6.07, 6.45) is 5.14. The highest BCUT2D eigenvalue weighted by Crippen LogP contribution is 2.43. The summed E-state index contributed by atoms with van der Waals surface area (Å²) in [6, 6.07) is 9.38. The van der Waals surface area contributed by atoms with Gasteiger partial charge in [-0.25, -0.2) is 0 Å². The molecule has 1 fully saturated rings. The third kappa shape index (κ3) is 2.61. The van der Waals surface area contributed by atoms with Crippen molar-refractivity contribution in [3.8, 4) is 22.9 Å². The molecule has 1 aliphatic rings. The summed E-state index contributed by atoms with van der Waals surface area (Å²) in [7, 11) is 1.54. The summed E-state index contributed by atoms with van der Waals surface area (Å²) in [5.74, 6) is 0.886. The summed E-state index contributed by atoms with van der Waals surface area (Å²) in [6.45, 7) is 0. The summed E-state index contributed by atoms with van der Waals surface area (Å²) in [5.41, 5.74) is 3.17. The van der Waals surface area contributed by atoms with Gasteiger partial charge in [0.15, 0.2) is 0 Å². The second-order valence-corrected chi connectivity index (χ2v) is 5.27. The highest BCUT2D eigenvalue weighted by molar-refractivity contribution is 5.70. The molecule has 1 unspecified atom stereocenters. The Hall–Kier alpha value is -2.38. The van der Waals surface area contributed by atoms with Crippen LogP contribution in [0.4, 0.5) is 0 Å². The van der Waals surface area contributed by atoms with Crippen molar-refractivity contribution in [2.45, 2.75) is 18.9 Å². The lowest BCUT2D eigenvalue weighted by atomic mass is 9.95. The molecule has 3 rings (SSSR count). The fourth-order valence-corrected chi connectivity index (χ4v) is 2.52. The van der Waals surface area contributed by atoms with Gasteiger partial charge < -0.3 is 9.84 Å². The fraction of sp³-hybridized carbons (Fsp3) is 0.294. The van der Waals surface area contributed by atoms with Gasteiger partial charge in [0.1, 0.15) is 11.8 Å². The zero-order valence-corrected chi connectivity index (χ0v) is 11.8. The smallest absolute Gasteiger partial charge is 0.137 e. The van der Waals surface area contributed by atoms with Crippen LogP contribution in [0.1, 0.15) is 30.1 Å². The van der Waals surface area contributed by atoms with Crippen LogP contribution in [0.3, 0.4) is 0 Å². The van der Waals surface area contributed by atoms with Crippen LogP contribution in [0.5, 0.6) is 5.75 Å². The zero-order valence-electron chi connectivity index (χ0n) is 11.8. The van der Waals surface area contributed by atoms with Gasteiger partial charge >= 0.3 is 0 Å². The first kappa shape index (κ1) is 13.6. The number of methoxy groups -OCH3 is 1. The molecule has 106 valence electrons. The maximum absolute atomic E-state index is 10.4. The third-order valence-corrected chi connectivity index (χ3v) is 3.87. The molecule has 21 heavy (non-hydrogen) atoms. The number of hydrogen-bond donors (Lipinski definition) is 1. The molecule has 1 N–H and O–H groups in total. The molecule has 0 radical (unpaired) electrons. The molecular formula is C17H16N2O2. The average Bonchev–Trinajstić information content (AvgIpc) is 3.38. The molecule has 1 aliphatic carbocycles. The van der Waals surface area contributed by atoms with Crippen molar-refractivity contribution in [2.24, 2.45) is 5.92 Å². The summed E-state index contributed by atoms with van der Waals surface area (Å²) in [4.78, 5) is 4.17. The maximum Gasteiger partial charge on any atom is 0.137 e. The van der Waals surface area contributed by atoms with Crippen LogP contribution in [0, 0.1) is 17.2 Å². The molecular weight excluding hydrogens is 264 g/mol. The van der Waals surface area contributed by atoms with Gasteiger partial charge in [-0.05, 0) is 48.1 Å². The Morgan fingerprint density at radius 3 is 2.86 bits per heavy atom. The van der Waals surface area contributed by atoms with E-state index in [0.29, 0.717) is 17.2 Å². The Balaban J connectivity index is 2.06. The third-order valence-electron chi connectivity index (χ3n) is 3.87. The maximum atomic E-state index is 10.4. The Morgan fingerprint density at radius 1 is 1.38 bits per heavy atom. The van der Waals surface area contributed by atoms with Gasteiger partial charge in [-0.2, -0.15) is 5.26 Å². The van der Waals surface area contributed by atoms with Crippen LogP contribution in [-0.2, 0) is 0 Å². The normalized spacial score (nSPS) is 15.3. The number of aliphatic hydroxyl groups excluding tert-OH is 1. The zero-order chi connectivity index (χ0) is 14.8. The van der Waals surface area contributed by atoms with Gasteiger partial charge in [-0.15, -0.1) is 0 Å². The molecule has 2 aromatic rings. The Kier molecular flexibility index (Phi) is 3.59. The van der Waals surface area contributed by atoms with Gasteiger partial charge in [0, 0.05) is 18.0 Å². The van der Waals surface area contributed by atoms with Gasteiger partial charge in [0.25, 0.3) is 0 Å². The first-order chi connectivity index (χ1) is 10.2. The number of nitriles is 1. The predicted molar refractivity (Wildman–Crippen MR) is 78.6 cm³/mol. The minimum absolute atomic E-state index is 0.353. The molecule has 0 aliphatic heterocycles. The summed E-state index contributed by atoms with van der Waals surface area (Å²) < 4.78 is 5.25. The number of nitrogens with zero attached hydrogens (tertiary/aromatic N) is 2. The van der Waals surface area contributed by atoms with Gasteiger partial charge in [-0.1, -0.05) is 6.07 Å². The van der Waals surface area contributed by atoms with Crippen molar-refractivity contribution >= 4 is 0 Å². The Morgan fingerprint density at radius 2 is 2.19 bits per heavy atom. The molecule has 1 atom stereocenters. The lowest BCUT2D eigenvalue weighted by molar-refractivity contribution is 0.154. The van der Waals surface area contributed by atoms with Crippen molar-refractivity contribution in [3.63, 3.8) is 0 Å². The molecule has 0 saturated heterocycles. The predicted octanol–water partition coefficient (Wildman–Crippen LogP) is 3.07. The largest absolute Gasteiger partial charge is 0.495 e. The van der Waals surface area contributed by atoms with Crippen molar-refractivity contribution in [3.05, 3.63) is 47.8 Å². The summed E-state index contributed by atoms with van der Waals surface area (Å²) >= 11 is 0. The number of pyridine rings is 1. The van der Waals surface area contributed by atoms with Crippen LogP contribution >= 0.6 is 0 Å². The van der Waals surface area contributed by atoms with E-state index in [-0.39, 0.29) is 0 Å². The second-order valence-electron chi connectivity index (χ2n) is 5.27. The second kappa shape index (κ2) is 5.55. The van der Waals surface area contributed by atoms with Crippen LogP contribution in [0.2, 0.25) is 0 Å². The molecule has 1 heterocycles. The number of ether oxygens (including phenoxy) is 1. The fourth-order valence-electron chi connectivity index (χ4n) is 2.52. The topological polar surface area (TPSA) is 66.1 Å². The molecule has 1 aromatic heterocycles. The van der Waals surface area contributed by atoms with Crippen LogP contribution in [-0.4, -0.2) is 17.2 Å².